The van der Waals surface area contributed by atoms with Crippen LogP contribution in [0.4, 0.5) is 0 Å². The molecular weight excluding hydrogens is 428 g/mol. The van der Waals surface area contributed by atoms with Crippen LogP contribution in [0.2, 0.25) is 0 Å². The van der Waals surface area contributed by atoms with Gasteiger partial charge in [-0.05, 0) is 68.7 Å². The zero-order valence-electron chi connectivity index (χ0n) is 21.0. The van der Waals surface area contributed by atoms with Gasteiger partial charge in [-0.15, -0.1) is 0 Å². The van der Waals surface area contributed by atoms with E-state index in [1.165, 1.54) is 22.3 Å². The van der Waals surface area contributed by atoms with Crippen molar-refractivity contribution in [1.29, 1.82) is 5.41 Å². The van der Waals surface area contributed by atoms with Crippen molar-refractivity contribution in [3.8, 4) is 0 Å². The Labute approximate surface area is 203 Å². The number of allylic oxidation sites excluding steroid dienone is 2. The first-order valence-corrected chi connectivity index (χ1v) is 12.2. The van der Waals surface area contributed by atoms with Crippen LogP contribution in [0.3, 0.4) is 0 Å². The number of carbonyl (C=O) groups is 2. The highest BCUT2D eigenvalue weighted by atomic mass is 16.3. The Morgan fingerprint density at radius 1 is 1.12 bits per heavy atom. The summed E-state index contributed by atoms with van der Waals surface area (Å²) in [5.74, 6) is -0.599. The Morgan fingerprint density at radius 3 is 2.35 bits per heavy atom. The highest BCUT2D eigenvalue weighted by Gasteiger charge is 2.30. The molecule has 1 heterocycles. The van der Waals surface area contributed by atoms with E-state index in [1.54, 1.807) is 9.80 Å². The molecule has 1 saturated heterocycles. The first-order chi connectivity index (χ1) is 16.2. The van der Waals surface area contributed by atoms with Crippen LogP contribution >= 0.6 is 0 Å². The molecule has 0 radical (unpaired) electrons. The Balaban J connectivity index is 1.76. The molecule has 1 unspecified atom stereocenters. The summed E-state index contributed by atoms with van der Waals surface area (Å²) < 4.78 is 0. The predicted octanol–water partition coefficient (Wildman–Crippen LogP) is 3.50. The molecule has 1 fully saturated rings. The molecule has 1 atom stereocenters. The van der Waals surface area contributed by atoms with Gasteiger partial charge in [0, 0.05) is 37.4 Å². The molecule has 1 aromatic rings. The number of benzene rings is 1. The van der Waals surface area contributed by atoms with E-state index in [0.29, 0.717) is 26.2 Å². The zero-order chi connectivity index (χ0) is 25.0. The molecule has 2 amide bonds. The van der Waals surface area contributed by atoms with E-state index in [9.17, 15) is 9.59 Å². The van der Waals surface area contributed by atoms with Crippen LogP contribution in [0, 0.1) is 19.3 Å². The molecule has 7 heteroatoms. The van der Waals surface area contributed by atoms with E-state index in [2.05, 4.69) is 44.8 Å². The van der Waals surface area contributed by atoms with Gasteiger partial charge >= 0.3 is 0 Å². The predicted molar refractivity (Wildman–Crippen MR) is 136 cm³/mol. The monoisotopic (exact) mass is 466 g/mol. The van der Waals surface area contributed by atoms with Gasteiger partial charge in [-0.3, -0.25) is 15.0 Å². The average molecular weight is 467 g/mol. The van der Waals surface area contributed by atoms with Crippen molar-refractivity contribution in [2.45, 2.75) is 59.4 Å². The van der Waals surface area contributed by atoms with Crippen molar-refractivity contribution in [3.05, 3.63) is 52.2 Å². The second kappa shape index (κ2) is 11.0. The summed E-state index contributed by atoms with van der Waals surface area (Å²) in [4.78, 5) is 28.0. The van der Waals surface area contributed by atoms with Crippen molar-refractivity contribution in [2.24, 2.45) is 0 Å². The maximum atomic E-state index is 13.1. The quantitative estimate of drug-likeness (QED) is 0.511. The largest absolute Gasteiger partial charge is 0.387 e. The van der Waals surface area contributed by atoms with Gasteiger partial charge in [0.15, 0.2) is 0 Å². The lowest BCUT2D eigenvalue weighted by atomic mass is 9.90. The molecule has 7 nitrogen and oxygen atoms in total. The van der Waals surface area contributed by atoms with Crippen molar-refractivity contribution < 1.29 is 14.7 Å². The Bertz CT molecular complexity index is 1020. The van der Waals surface area contributed by atoms with E-state index in [0.717, 1.165) is 42.5 Å². The van der Waals surface area contributed by atoms with Gasteiger partial charge in [0.25, 0.3) is 5.91 Å². The lowest BCUT2D eigenvalue weighted by molar-refractivity contribution is -0.138. The number of carbonyl (C=O) groups excluding carboxylic acids is 2. The van der Waals surface area contributed by atoms with Crippen molar-refractivity contribution in [2.75, 3.05) is 32.8 Å². The fourth-order valence-electron chi connectivity index (χ4n) is 5.02. The molecule has 34 heavy (non-hydrogen) atoms. The Morgan fingerprint density at radius 2 is 1.76 bits per heavy atom. The number of aliphatic hydroxyl groups excluding tert-OH is 1. The van der Waals surface area contributed by atoms with E-state index >= 15 is 0 Å². The Hall–Kier alpha value is -2.93. The van der Waals surface area contributed by atoms with Gasteiger partial charge in [0.05, 0.1) is 6.04 Å². The minimum atomic E-state index is -0.515. The lowest BCUT2D eigenvalue weighted by Gasteiger charge is -2.34. The molecule has 0 aromatic heterocycles. The normalized spacial score (nSPS) is 17.1. The van der Waals surface area contributed by atoms with E-state index < -0.39 is 6.61 Å². The first-order valence-electron chi connectivity index (χ1n) is 12.2. The van der Waals surface area contributed by atoms with Crippen LogP contribution in [0.25, 0.3) is 5.57 Å². The van der Waals surface area contributed by atoms with Crippen molar-refractivity contribution in [3.63, 3.8) is 0 Å². The fourth-order valence-corrected chi connectivity index (χ4v) is 5.02. The zero-order valence-corrected chi connectivity index (χ0v) is 21.0. The van der Waals surface area contributed by atoms with E-state index in [1.807, 2.05) is 6.92 Å². The summed E-state index contributed by atoms with van der Waals surface area (Å²) in [5, 5.41) is 21.4. The number of hydrogen-bond acceptors (Lipinski definition) is 5. The average Bonchev–Trinajstić information content (AvgIpc) is 3.31. The van der Waals surface area contributed by atoms with Crippen LogP contribution in [0.1, 0.15) is 67.8 Å². The van der Waals surface area contributed by atoms with Gasteiger partial charge in [0.1, 0.15) is 12.3 Å². The number of aliphatic hydroxyl groups is 1. The van der Waals surface area contributed by atoms with Crippen molar-refractivity contribution >= 4 is 23.1 Å². The third kappa shape index (κ3) is 5.25. The molecule has 1 aromatic carbocycles. The number of rotatable bonds is 8. The molecule has 3 N–H and O–H groups in total. The standard InChI is InChI=1S/C27H38N4O3/c1-6-23(21-11-10-20(17(2)3)18(4)19(21)5)29-24-9-7-8-22(24)26(28)27(34)31-14-12-30(13-15-31)25(33)16-32/h10-11,23,28-29,32H,2,6-9,12-16H2,1,3-5H3. The summed E-state index contributed by atoms with van der Waals surface area (Å²) in [7, 11) is 0. The van der Waals surface area contributed by atoms with Gasteiger partial charge < -0.3 is 20.2 Å². The highest BCUT2D eigenvalue weighted by molar-refractivity contribution is 6.44. The summed E-state index contributed by atoms with van der Waals surface area (Å²) in [6.45, 7) is 13.6. The minimum Gasteiger partial charge on any atom is -0.387 e. The smallest absolute Gasteiger partial charge is 0.272 e. The molecule has 0 spiro atoms. The maximum absolute atomic E-state index is 13.1. The Kier molecular flexibility index (Phi) is 8.31. The molecular formula is C27H38N4O3. The third-order valence-corrected chi connectivity index (χ3v) is 7.21. The van der Waals surface area contributed by atoms with Gasteiger partial charge in [-0.2, -0.15) is 0 Å². The van der Waals surface area contributed by atoms with Gasteiger partial charge in [0.2, 0.25) is 5.91 Å². The summed E-state index contributed by atoms with van der Waals surface area (Å²) in [5.41, 5.74) is 7.85. The molecule has 3 rings (SSSR count). The van der Waals surface area contributed by atoms with E-state index in [-0.39, 0.29) is 23.6 Å². The van der Waals surface area contributed by atoms with E-state index in [4.69, 9.17) is 10.5 Å². The number of piperazine rings is 1. The molecule has 2 aliphatic rings. The summed E-state index contributed by atoms with van der Waals surface area (Å²) in [6.07, 6.45) is 3.38. The molecule has 1 aliphatic heterocycles. The number of amides is 2. The lowest BCUT2D eigenvalue weighted by Crippen LogP contribution is -2.52. The first kappa shape index (κ1) is 25.7. The molecule has 0 saturated carbocycles. The second-order valence-electron chi connectivity index (χ2n) is 9.35. The number of nitrogens with one attached hydrogen (secondary N) is 2. The van der Waals surface area contributed by atoms with Crippen LogP contribution in [-0.4, -0.2) is 65.2 Å². The molecule has 184 valence electrons. The van der Waals surface area contributed by atoms with Gasteiger partial charge in [-0.1, -0.05) is 31.2 Å². The summed E-state index contributed by atoms with van der Waals surface area (Å²) in [6, 6.07) is 4.42. The summed E-state index contributed by atoms with van der Waals surface area (Å²) >= 11 is 0. The minimum absolute atomic E-state index is 0.0577. The molecule has 1 aliphatic carbocycles. The van der Waals surface area contributed by atoms with Crippen LogP contribution < -0.4 is 5.32 Å². The SMILES string of the molecule is C=C(C)c1ccc(C(CC)NC2=C(C(=N)C(=O)N3CCN(C(=O)CO)CC3)CCC2)c(C)c1C. The van der Waals surface area contributed by atoms with Crippen LogP contribution in [0.5, 0.6) is 0 Å². The highest BCUT2D eigenvalue weighted by Crippen LogP contribution is 2.32. The topological polar surface area (TPSA) is 96.7 Å². The van der Waals surface area contributed by atoms with Crippen LogP contribution in [-0.2, 0) is 9.59 Å². The number of nitrogens with zero attached hydrogens (tertiary/aromatic N) is 2. The van der Waals surface area contributed by atoms with Crippen molar-refractivity contribution in [1.82, 2.24) is 15.1 Å². The fraction of sp³-hybridized carbons (Fsp3) is 0.519. The van der Waals surface area contributed by atoms with Crippen LogP contribution in [0.15, 0.2) is 30.0 Å². The maximum Gasteiger partial charge on any atom is 0.272 e. The third-order valence-electron chi connectivity index (χ3n) is 7.21. The second-order valence-corrected chi connectivity index (χ2v) is 9.35. The van der Waals surface area contributed by atoms with Gasteiger partial charge in [-0.25, -0.2) is 0 Å². The molecule has 0 bridgehead atoms. The number of hydrogen-bond donors (Lipinski definition) is 3.